The van der Waals surface area contributed by atoms with Crippen LogP contribution in [0, 0.1) is 11.8 Å². The minimum atomic E-state index is -3.53. The van der Waals surface area contributed by atoms with Gasteiger partial charge in [0.25, 0.3) is 0 Å². The second-order valence-electron chi connectivity index (χ2n) is 8.55. The highest BCUT2D eigenvalue weighted by molar-refractivity contribution is 8.00. The summed E-state index contributed by atoms with van der Waals surface area (Å²) in [6, 6.07) is 1.94. The molecule has 1 aliphatic rings. The maximum Gasteiger partial charge on any atom is 0.233 e. The molecule has 0 aliphatic heterocycles. The van der Waals surface area contributed by atoms with Gasteiger partial charge in [-0.05, 0) is 50.3 Å². The number of carbonyl (C=O) groups excluding carboxylic acids is 1. The molecule has 34 heavy (non-hydrogen) atoms. The molecule has 5 atom stereocenters. The van der Waals surface area contributed by atoms with E-state index in [1.807, 2.05) is 35.3 Å². The van der Waals surface area contributed by atoms with E-state index >= 15 is 0 Å². The lowest BCUT2D eigenvalue weighted by molar-refractivity contribution is -0.119. The molecule has 1 aromatic heterocycles. The molecule has 0 radical (unpaired) electrons. The number of rotatable bonds is 13. The number of sulfonamides is 1. The topological polar surface area (TPSA) is 124 Å². The summed E-state index contributed by atoms with van der Waals surface area (Å²) in [6.45, 7) is 0. The molecule has 7 nitrogen and oxygen atoms in total. The molecule has 4 N–H and O–H groups in total. The Morgan fingerprint density at radius 3 is 2.74 bits per heavy atom. The predicted octanol–water partition coefficient (Wildman–Crippen LogP) is 3.52. The van der Waals surface area contributed by atoms with Crippen molar-refractivity contribution in [2.45, 2.75) is 67.5 Å². The van der Waals surface area contributed by atoms with E-state index in [9.17, 15) is 28.5 Å². The van der Waals surface area contributed by atoms with Crippen molar-refractivity contribution in [3.05, 3.63) is 40.3 Å². The molecule has 1 heterocycles. The number of aliphatic hydroxyl groups is 3. The molecule has 1 aliphatic carbocycles. The molecule has 0 unspecified atom stereocenters. The first-order chi connectivity index (χ1) is 16.0. The molecular formula is C23H34ClNO6S3. The first kappa shape index (κ1) is 29.4. The van der Waals surface area contributed by atoms with Crippen LogP contribution < -0.4 is 4.72 Å². The van der Waals surface area contributed by atoms with E-state index in [4.69, 9.17) is 11.6 Å². The zero-order valence-electron chi connectivity index (χ0n) is 19.4. The second kappa shape index (κ2) is 14.0. The lowest BCUT2D eigenvalue weighted by atomic mass is 9.89. The number of allylic oxidation sites excluding steroid dienone is 2. The molecule has 1 amide bonds. The van der Waals surface area contributed by atoms with Crippen LogP contribution in [0.25, 0.3) is 0 Å². The standard InChI is InChI=1S/C23H34ClNO6S3/c1-32-23-19(24)13-16(33-23)11-9-15(26)10-12-18-17(20(27)14-21(18)28)7-5-3-4-6-8-22(29)25-34(2,30)31/h3,5,10,12-13,15,17-18,20-21,26-28H,4,6-9,11,14H2,1-2H3,(H,25,29)/b5-3-,12-10+/t15-,17+,18+,20-,21+/m0/s1. The smallest absolute Gasteiger partial charge is 0.233 e. The van der Waals surface area contributed by atoms with Gasteiger partial charge in [-0.15, -0.1) is 23.1 Å². The van der Waals surface area contributed by atoms with Crippen LogP contribution in [-0.2, 0) is 21.2 Å². The quantitative estimate of drug-likeness (QED) is 0.168. The summed E-state index contributed by atoms with van der Waals surface area (Å²) in [5.41, 5.74) is 0. The van der Waals surface area contributed by atoms with Gasteiger partial charge in [0.05, 0.1) is 33.8 Å². The highest BCUT2D eigenvalue weighted by Gasteiger charge is 2.39. The normalized spacial score (nSPS) is 24.3. The fourth-order valence-corrected chi connectivity index (χ4v) is 6.78. The van der Waals surface area contributed by atoms with Crippen molar-refractivity contribution in [1.29, 1.82) is 0 Å². The number of unbranched alkanes of at least 4 members (excludes halogenated alkanes) is 1. The van der Waals surface area contributed by atoms with Gasteiger partial charge in [0.15, 0.2) is 0 Å². The number of thioether (sulfide) groups is 1. The van der Waals surface area contributed by atoms with E-state index in [1.165, 1.54) is 0 Å². The maximum absolute atomic E-state index is 11.5. The van der Waals surface area contributed by atoms with Crippen molar-refractivity contribution in [2.24, 2.45) is 11.8 Å². The summed E-state index contributed by atoms with van der Waals surface area (Å²) in [7, 11) is -3.53. The molecule has 0 spiro atoms. The van der Waals surface area contributed by atoms with Crippen LogP contribution in [0.3, 0.4) is 0 Å². The number of thiophene rings is 1. The zero-order chi connectivity index (χ0) is 25.3. The second-order valence-corrected chi connectivity index (χ2v) is 12.9. The monoisotopic (exact) mass is 551 g/mol. The highest BCUT2D eigenvalue weighted by atomic mass is 35.5. The number of carbonyl (C=O) groups is 1. The number of halogens is 1. The Balaban J connectivity index is 1.80. The van der Waals surface area contributed by atoms with E-state index < -0.39 is 34.2 Å². The van der Waals surface area contributed by atoms with Crippen LogP contribution in [0.4, 0.5) is 0 Å². The minimum absolute atomic E-state index is 0.113. The van der Waals surface area contributed by atoms with Gasteiger partial charge >= 0.3 is 0 Å². The van der Waals surface area contributed by atoms with Crippen molar-refractivity contribution in [3.63, 3.8) is 0 Å². The first-order valence-corrected chi connectivity index (χ1v) is 15.5. The van der Waals surface area contributed by atoms with Crippen LogP contribution in [0.2, 0.25) is 5.02 Å². The minimum Gasteiger partial charge on any atom is -0.393 e. The summed E-state index contributed by atoms with van der Waals surface area (Å²) in [5, 5.41) is 31.9. The van der Waals surface area contributed by atoms with Crippen molar-refractivity contribution < 1.29 is 28.5 Å². The van der Waals surface area contributed by atoms with Crippen molar-refractivity contribution in [1.82, 2.24) is 4.72 Å². The summed E-state index contributed by atoms with van der Waals surface area (Å²) in [5.74, 6) is -0.946. The predicted molar refractivity (Wildman–Crippen MR) is 139 cm³/mol. The SMILES string of the molecule is CSc1sc(CC[C@H](O)/C=C/[C@@H]2[C@@H](C/C=C\CCCC(=O)NS(C)(=O)=O)[C@@H](O)C[C@H]2O)cc1Cl. The largest absolute Gasteiger partial charge is 0.393 e. The molecule has 1 aromatic rings. The Morgan fingerprint density at radius 1 is 1.35 bits per heavy atom. The number of hydrogen-bond acceptors (Lipinski definition) is 8. The fourth-order valence-electron chi connectivity index (χ4n) is 4.02. The van der Waals surface area contributed by atoms with Crippen LogP contribution in [0.15, 0.2) is 34.6 Å². The first-order valence-electron chi connectivity index (χ1n) is 11.2. The molecule has 1 saturated carbocycles. The van der Waals surface area contributed by atoms with Gasteiger partial charge in [-0.2, -0.15) is 0 Å². The third-order valence-electron chi connectivity index (χ3n) is 5.70. The molecule has 0 saturated heterocycles. The summed E-state index contributed by atoms with van der Waals surface area (Å²) in [6.07, 6.45) is 11.6. The summed E-state index contributed by atoms with van der Waals surface area (Å²) >= 11 is 9.41. The Hall–Kier alpha value is -0.880. The third kappa shape index (κ3) is 10.0. The van der Waals surface area contributed by atoms with Gasteiger partial charge in [0.1, 0.15) is 0 Å². The van der Waals surface area contributed by atoms with Crippen LogP contribution in [0.1, 0.15) is 43.4 Å². The van der Waals surface area contributed by atoms with Gasteiger partial charge in [-0.25, -0.2) is 8.42 Å². The third-order valence-corrected chi connectivity index (χ3v) is 9.15. The lowest BCUT2D eigenvalue weighted by Gasteiger charge is -2.19. The Bertz CT molecular complexity index is 962. The molecule has 11 heteroatoms. The fraction of sp³-hybridized carbons (Fsp3) is 0.609. The van der Waals surface area contributed by atoms with E-state index in [0.717, 1.165) is 20.4 Å². The van der Waals surface area contributed by atoms with E-state index in [-0.39, 0.29) is 18.3 Å². The van der Waals surface area contributed by atoms with Crippen LogP contribution >= 0.6 is 34.7 Å². The van der Waals surface area contributed by atoms with E-state index in [1.54, 1.807) is 29.2 Å². The average Bonchev–Trinajstić information content (AvgIpc) is 3.23. The molecule has 1 fully saturated rings. The van der Waals surface area contributed by atoms with Gasteiger partial charge in [0, 0.05) is 23.6 Å². The molecule has 2 rings (SSSR count). The van der Waals surface area contributed by atoms with Crippen molar-refractivity contribution in [3.8, 4) is 0 Å². The van der Waals surface area contributed by atoms with Crippen molar-refractivity contribution in [2.75, 3.05) is 12.5 Å². The highest BCUT2D eigenvalue weighted by Crippen LogP contribution is 2.37. The number of aliphatic hydroxyl groups excluding tert-OH is 3. The molecule has 192 valence electrons. The average molecular weight is 552 g/mol. The number of aryl methyl sites for hydroxylation is 1. The summed E-state index contributed by atoms with van der Waals surface area (Å²) in [4.78, 5) is 12.6. The Morgan fingerprint density at radius 2 is 2.09 bits per heavy atom. The van der Waals surface area contributed by atoms with E-state index in [2.05, 4.69) is 0 Å². The zero-order valence-corrected chi connectivity index (χ0v) is 22.6. The number of nitrogens with one attached hydrogen (secondary N) is 1. The van der Waals surface area contributed by atoms with E-state index in [0.29, 0.717) is 38.5 Å². The maximum atomic E-state index is 11.5. The Kier molecular flexibility index (Phi) is 12.1. The van der Waals surface area contributed by atoms with Gasteiger partial charge in [-0.3, -0.25) is 9.52 Å². The van der Waals surface area contributed by atoms with Gasteiger partial charge in [0.2, 0.25) is 15.9 Å². The summed E-state index contributed by atoms with van der Waals surface area (Å²) < 4.78 is 25.0. The lowest BCUT2D eigenvalue weighted by Crippen LogP contribution is -2.28. The molecule has 0 bridgehead atoms. The van der Waals surface area contributed by atoms with Gasteiger partial charge < -0.3 is 15.3 Å². The number of amides is 1. The Labute approximate surface area is 215 Å². The van der Waals surface area contributed by atoms with Gasteiger partial charge in [-0.1, -0.05) is 35.9 Å². The molecular weight excluding hydrogens is 518 g/mol. The van der Waals surface area contributed by atoms with Crippen molar-refractivity contribution >= 4 is 50.6 Å². The van der Waals surface area contributed by atoms with Crippen LogP contribution in [0.5, 0.6) is 0 Å². The molecule has 0 aromatic carbocycles. The number of hydrogen-bond donors (Lipinski definition) is 4. The van der Waals surface area contributed by atoms with Crippen LogP contribution in [-0.4, -0.2) is 60.5 Å².